The molecule has 1 atom stereocenters. The molecule has 1 saturated heterocycles. The second-order valence-corrected chi connectivity index (χ2v) is 6.66. The minimum Gasteiger partial charge on any atom is -0.448 e. The summed E-state index contributed by atoms with van der Waals surface area (Å²) in [7, 11) is 0. The largest absolute Gasteiger partial charge is 0.448 e. The first-order valence-electron chi connectivity index (χ1n) is 9.06. The fourth-order valence-corrected chi connectivity index (χ4v) is 3.28. The fourth-order valence-electron chi connectivity index (χ4n) is 3.28. The van der Waals surface area contributed by atoms with Crippen LogP contribution in [-0.2, 0) is 0 Å². The van der Waals surface area contributed by atoms with E-state index in [4.69, 9.17) is 9.15 Å². The average Bonchev–Trinajstić information content (AvgIpc) is 3.16. The van der Waals surface area contributed by atoms with Crippen LogP contribution in [-0.4, -0.2) is 38.8 Å². The van der Waals surface area contributed by atoms with E-state index in [0.717, 1.165) is 12.8 Å². The molecule has 144 valence electrons. The first kappa shape index (κ1) is 18.1. The molecule has 0 radical (unpaired) electrons. The van der Waals surface area contributed by atoms with Crippen molar-refractivity contribution < 1.29 is 18.3 Å². The van der Waals surface area contributed by atoms with Crippen LogP contribution in [0, 0.1) is 12.7 Å². The lowest BCUT2D eigenvalue weighted by atomic mass is 9.95. The smallest absolute Gasteiger partial charge is 0.275 e. The van der Waals surface area contributed by atoms with Crippen molar-refractivity contribution in [2.75, 3.05) is 13.1 Å². The van der Waals surface area contributed by atoms with Gasteiger partial charge in [-0.25, -0.2) is 14.4 Å². The number of hydrogen-bond donors (Lipinski definition) is 0. The highest BCUT2D eigenvalue weighted by Crippen LogP contribution is 2.28. The Bertz CT molecular complexity index is 991. The molecule has 3 heterocycles. The van der Waals surface area contributed by atoms with Crippen molar-refractivity contribution in [2.45, 2.75) is 25.7 Å². The normalized spacial score (nSPS) is 16.8. The molecule has 8 heteroatoms. The van der Waals surface area contributed by atoms with Crippen molar-refractivity contribution >= 4 is 5.91 Å². The SMILES string of the molecule is Cc1nc(C(=O)N2CCC[C@@H](c3cncc(Oc4ccccc4F)n3)C2)co1. The zero-order chi connectivity index (χ0) is 19.5. The third-order valence-electron chi connectivity index (χ3n) is 4.65. The van der Waals surface area contributed by atoms with Crippen LogP contribution in [0.5, 0.6) is 11.6 Å². The molecule has 1 aromatic carbocycles. The van der Waals surface area contributed by atoms with Gasteiger partial charge in [0.2, 0.25) is 5.88 Å². The van der Waals surface area contributed by atoms with E-state index in [1.54, 1.807) is 30.2 Å². The number of hydrogen-bond acceptors (Lipinski definition) is 6. The topological polar surface area (TPSA) is 81.4 Å². The second kappa shape index (κ2) is 7.75. The van der Waals surface area contributed by atoms with Crippen LogP contribution in [0.4, 0.5) is 4.39 Å². The summed E-state index contributed by atoms with van der Waals surface area (Å²) >= 11 is 0. The number of para-hydroxylation sites is 1. The quantitative estimate of drug-likeness (QED) is 0.684. The van der Waals surface area contributed by atoms with E-state index >= 15 is 0 Å². The van der Waals surface area contributed by atoms with Gasteiger partial charge < -0.3 is 14.1 Å². The Labute approximate surface area is 161 Å². The lowest BCUT2D eigenvalue weighted by molar-refractivity contribution is 0.0699. The number of aryl methyl sites for hydroxylation is 1. The molecule has 4 rings (SSSR count). The van der Waals surface area contributed by atoms with Gasteiger partial charge in [-0.2, -0.15) is 0 Å². The number of ether oxygens (including phenoxy) is 1. The summed E-state index contributed by atoms with van der Waals surface area (Å²) in [6.07, 6.45) is 6.20. The number of piperidine rings is 1. The monoisotopic (exact) mass is 382 g/mol. The Kier molecular flexibility index (Phi) is 5.01. The number of nitrogens with zero attached hydrogens (tertiary/aromatic N) is 4. The van der Waals surface area contributed by atoms with E-state index < -0.39 is 5.82 Å². The highest BCUT2D eigenvalue weighted by Gasteiger charge is 2.28. The molecule has 0 N–H and O–H groups in total. The number of carbonyl (C=O) groups excluding carboxylic acids is 1. The summed E-state index contributed by atoms with van der Waals surface area (Å²) in [5, 5.41) is 0. The van der Waals surface area contributed by atoms with Crippen molar-refractivity contribution in [3.8, 4) is 11.6 Å². The number of likely N-dealkylation sites (tertiary alicyclic amines) is 1. The van der Waals surface area contributed by atoms with Crippen LogP contribution in [0.1, 0.15) is 40.8 Å². The molecule has 0 aliphatic carbocycles. The highest BCUT2D eigenvalue weighted by molar-refractivity contribution is 5.92. The predicted molar refractivity (Wildman–Crippen MR) is 97.6 cm³/mol. The summed E-state index contributed by atoms with van der Waals surface area (Å²) < 4.78 is 24.5. The van der Waals surface area contributed by atoms with Gasteiger partial charge in [0.1, 0.15) is 6.26 Å². The summed E-state index contributed by atoms with van der Waals surface area (Å²) in [5.74, 6) is 0.164. The summed E-state index contributed by atoms with van der Waals surface area (Å²) in [6.45, 7) is 2.86. The third kappa shape index (κ3) is 3.85. The summed E-state index contributed by atoms with van der Waals surface area (Å²) in [4.78, 5) is 27.2. The Balaban J connectivity index is 1.49. The van der Waals surface area contributed by atoms with E-state index in [1.165, 1.54) is 24.6 Å². The molecule has 3 aromatic rings. The standard InChI is InChI=1S/C20H19FN4O3/c1-13-23-17(12-27-13)20(26)25-8-4-5-14(11-25)16-9-22-10-19(24-16)28-18-7-3-2-6-15(18)21/h2-3,6-7,9-10,12,14H,4-5,8,11H2,1H3/t14-/m1/s1. The maximum atomic E-state index is 13.8. The van der Waals surface area contributed by atoms with Crippen molar-refractivity contribution in [2.24, 2.45) is 0 Å². The lowest BCUT2D eigenvalue weighted by Crippen LogP contribution is -2.39. The molecule has 0 bridgehead atoms. The van der Waals surface area contributed by atoms with Crippen molar-refractivity contribution in [1.82, 2.24) is 19.9 Å². The molecule has 0 spiro atoms. The molecular formula is C20H19FN4O3. The number of benzene rings is 1. The Hall–Kier alpha value is -3.29. The maximum absolute atomic E-state index is 13.8. The van der Waals surface area contributed by atoms with E-state index in [1.807, 2.05) is 0 Å². The van der Waals surface area contributed by atoms with Crippen LogP contribution >= 0.6 is 0 Å². The minimum atomic E-state index is -0.466. The van der Waals surface area contributed by atoms with Crippen LogP contribution in [0.3, 0.4) is 0 Å². The predicted octanol–water partition coefficient (Wildman–Crippen LogP) is 3.72. The van der Waals surface area contributed by atoms with Gasteiger partial charge in [0.05, 0.1) is 11.9 Å². The number of aromatic nitrogens is 3. The first-order chi connectivity index (χ1) is 13.6. The number of amides is 1. The zero-order valence-corrected chi connectivity index (χ0v) is 15.3. The lowest BCUT2D eigenvalue weighted by Gasteiger charge is -2.31. The maximum Gasteiger partial charge on any atom is 0.275 e. The molecule has 1 fully saturated rings. The third-order valence-corrected chi connectivity index (χ3v) is 4.65. The molecule has 0 saturated carbocycles. The van der Waals surface area contributed by atoms with Crippen LogP contribution in [0.25, 0.3) is 0 Å². The van der Waals surface area contributed by atoms with Gasteiger partial charge in [0.15, 0.2) is 23.2 Å². The summed E-state index contributed by atoms with van der Waals surface area (Å²) in [5.41, 5.74) is 1.02. The second-order valence-electron chi connectivity index (χ2n) is 6.66. The number of oxazole rings is 1. The molecule has 1 amide bonds. The minimum absolute atomic E-state index is 0.0161. The Morgan fingerprint density at radius 2 is 2.14 bits per heavy atom. The highest BCUT2D eigenvalue weighted by atomic mass is 19.1. The molecule has 0 unspecified atom stereocenters. The fraction of sp³-hybridized carbons (Fsp3) is 0.300. The first-order valence-corrected chi connectivity index (χ1v) is 9.06. The Morgan fingerprint density at radius 3 is 2.93 bits per heavy atom. The zero-order valence-electron chi connectivity index (χ0n) is 15.3. The van der Waals surface area contributed by atoms with Crippen LogP contribution in [0.2, 0.25) is 0 Å². The van der Waals surface area contributed by atoms with Gasteiger partial charge in [-0.15, -0.1) is 0 Å². The molecule has 28 heavy (non-hydrogen) atoms. The molecular weight excluding hydrogens is 363 g/mol. The van der Waals surface area contributed by atoms with Gasteiger partial charge in [0.25, 0.3) is 5.91 Å². The van der Waals surface area contributed by atoms with Crippen molar-refractivity contribution in [3.63, 3.8) is 0 Å². The number of halogens is 1. The van der Waals surface area contributed by atoms with Crippen molar-refractivity contribution in [1.29, 1.82) is 0 Å². The van der Waals surface area contributed by atoms with Gasteiger partial charge in [-0.3, -0.25) is 9.78 Å². The van der Waals surface area contributed by atoms with Gasteiger partial charge in [0, 0.05) is 32.1 Å². The summed E-state index contributed by atoms with van der Waals surface area (Å²) in [6, 6.07) is 6.13. The molecule has 1 aliphatic heterocycles. The van der Waals surface area contributed by atoms with E-state index in [2.05, 4.69) is 15.0 Å². The Morgan fingerprint density at radius 1 is 1.29 bits per heavy atom. The number of carbonyl (C=O) groups is 1. The average molecular weight is 382 g/mol. The van der Waals surface area contributed by atoms with Gasteiger partial charge >= 0.3 is 0 Å². The molecule has 1 aliphatic rings. The van der Waals surface area contributed by atoms with E-state index in [9.17, 15) is 9.18 Å². The van der Waals surface area contributed by atoms with Crippen LogP contribution in [0.15, 0.2) is 47.3 Å². The van der Waals surface area contributed by atoms with Gasteiger partial charge in [-0.1, -0.05) is 12.1 Å². The van der Waals surface area contributed by atoms with Crippen LogP contribution < -0.4 is 4.74 Å². The number of rotatable bonds is 4. The molecule has 2 aromatic heterocycles. The van der Waals surface area contributed by atoms with Crippen molar-refractivity contribution in [3.05, 3.63) is 66.0 Å². The van der Waals surface area contributed by atoms with E-state index in [0.29, 0.717) is 30.4 Å². The molecule has 7 nitrogen and oxygen atoms in total. The van der Waals surface area contributed by atoms with Gasteiger partial charge in [-0.05, 0) is 25.0 Å². The van der Waals surface area contributed by atoms with E-state index in [-0.39, 0.29) is 23.5 Å².